The normalized spacial score (nSPS) is 9.68. The maximum Gasteiger partial charge on any atom is 3.00 e. The molecule has 6 aromatic rings. The van der Waals surface area contributed by atoms with Crippen molar-refractivity contribution >= 4 is 0 Å². The number of aromatic amines is 3. The van der Waals surface area contributed by atoms with Crippen LogP contribution in [0.1, 0.15) is 0 Å². The molecule has 0 saturated carbocycles. The van der Waals surface area contributed by atoms with Crippen LogP contribution >= 0.6 is 0 Å². The Morgan fingerprint density at radius 2 is 0.774 bits per heavy atom. The van der Waals surface area contributed by atoms with Crippen LogP contribution in [-0.2, 0) is 16.8 Å². The van der Waals surface area contributed by atoms with E-state index in [1.54, 1.807) is 74.4 Å². The maximum absolute atomic E-state index is 3.98. The molecule has 0 aliphatic rings. The van der Waals surface area contributed by atoms with Gasteiger partial charge < -0.3 is 44.9 Å². The Hall–Kier alpha value is -4.23. The smallest absolute Gasteiger partial charge is 0.440 e. The van der Waals surface area contributed by atoms with E-state index in [4.69, 9.17) is 0 Å². The van der Waals surface area contributed by atoms with Gasteiger partial charge in [-0.25, -0.2) is 15.0 Å². The molecular weight excluding hydrogens is 443 g/mol. The van der Waals surface area contributed by atoms with Gasteiger partial charge in [-0.15, -0.1) is 0 Å². The van der Waals surface area contributed by atoms with Crippen LogP contribution in [0.4, 0.5) is 0 Å². The predicted molar refractivity (Wildman–Crippen MR) is 105 cm³/mol. The summed E-state index contributed by atoms with van der Waals surface area (Å²) < 4.78 is 0. The largest absolute Gasteiger partial charge is 3.00 e. The van der Waals surface area contributed by atoms with E-state index < -0.39 is 0 Å². The average Bonchev–Trinajstić information content (AvgIpc) is 3.66. The molecule has 0 atom stereocenters. The molecule has 0 aromatic carbocycles. The van der Waals surface area contributed by atoms with Crippen LogP contribution in [0.2, 0.25) is 0 Å². The molecule has 0 amide bonds. The van der Waals surface area contributed by atoms with E-state index in [9.17, 15) is 0 Å². The monoisotopic (exact) mass is 458 g/mol. The Morgan fingerprint density at radius 3 is 0.968 bits per heavy atom. The van der Waals surface area contributed by atoms with Crippen molar-refractivity contribution in [2.45, 2.75) is 0 Å². The number of nitrogens with zero attached hydrogens (tertiary/aromatic N) is 9. The predicted octanol–water partition coefficient (Wildman–Crippen LogP) is 1.28. The first kappa shape index (κ1) is 21.5. The summed E-state index contributed by atoms with van der Waals surface area (Å²) in [6.45, 7) is 0. The zero-order valence-electron chi connectivity index (χ0n) is 15.8. The van der Waals surface area contributed by atoms with Gasteiger partial charge in [0.25, 0.3) is 0 Å². The quantitative estimate of drug-likeness (QED) is 0.354. The van der Waals surface area contributed by atoms with Gasteiger partial charge in [-0.05, 0) is 17.5 Å². The molecule has 6 heterocycles. The molecular formula is C18H15CoN12. The zero-order chi connectivity index (χ0) is 20.4. The Bertz CT molecular complexity index is 907. The Morgan fingerprint density at radius 1 is 0.452 bits per heavy atom. The van der Waals surface area contributed by atoms with Crippen molar-refractivity contribution in [1.29, 1.82) is 0 Å². The molecule has 0 radical (unpaired) electrons. The van der Waals surface area contributed by atoms with Gasteiger partial charge in [0.15, 0.2) is 0 Å². The van der Waals surface area contributed by atoms with E-state index >= 15 is 0 Å². The van der Waals surface area contributed by atoms with E-state index in [0.29, 0.717) is 34.9 Å². The van der Waals surface area contributed by atoms with Crippen molar-refractivity contribution < 1.29 is 16.8 Å². The zero-order valence-corrected chi connectivity index (χ0v) is 16.8. The number of rotatable bonds is 3. The standard InChI is InChI=1S/3C6H5N4.Co/c3*1-2-8-5(7-1)6-9-3-4-10-6;/h3*1-4H,(H-,7,8,9,10);/q3*-1;+3. The van der Waals surface area contributed by atoms with E-state index in [1.165, 1.54) is 0 Å². The van der Waals surface area contributed by atoms with Gasteiger partial charge in [-0.2, -0.15) is 0 Å². The van der Waals surface area contributed by atoms with E-state index in [1.807, 2.05) is 0 Å². The average molecular weight is 458 g/mol. The molecule has 3 N–H and O–H groups in total. The molecule has 0 unspecified atom stereocenters. The number of H-pyrrole nitrogens is 3. The number of hydrogen-bond acceptors (Lipinski definition) is 6. The van der Waals surface area contributed by atoms with Crippen molar-refractivity contribution in [3.05, 3.63) is 74.4 Å². The fourth-order valence-corrected chi connectivity index (χ4v) is 2.25. The molecule has 6 rings (SSSR count). The minimum atomic E-state index is 0. The molecule has 0 aliphatic heterocycles. The fraction of sp³-hybridized carbons (Fsp3) is 0. The second-order valence-electron chi connectivity index (χ2n) is 5.45. The van der Waals surface area contributed by atoms with Gasteiger partial charge in [0.05, 0.1) is 0 Å². The molecule has 6 aromatic heterocycles. The molecule has 0 spiro atoms. The molecule has 12 nitrogen and oxygen atoms in total. The minimum absolute atomic E-state index is 0. The molecule has 0 fully saturated rings. The van der Waals surface area contributed by atoms with Crippen LogP contribution in [0.15, 0.2) is 74.4 Å². The first-order valence-electron chi connectivity index (χ1n) is 8.70. The first-order chi connectivity index (χ1) is 14.9. The Balaban J connectivity index is 0.000000130. The van der Waals surface area contributed by atoms with Crippen molar-refractivity contribution in [3.63, 3.8) is 0 Å². The number of imidazole rings is 6. The third kappa shape index (κ3) is 5.88. The molecule has 0 bridgehead atoms. The molecule has 0 aliphatic carbocycles. The van der Waals surface area contributed by atoms with Crippen LogP contribution in [0.5, 0.6) is 0 Å². The van der Waals surface area contributed by atoms with Crippen molar-refractivity contribution in [1.82, 2.24) is 59.8 Å². The van der Waals surface area contributed by atoms with E-state index in [-0.39, 0.29) is 16.8 Å². The summed E-state index contributed by atoms with van der Waals surface area (Å²) in [6.07, 6.45) is 20.1. The first-order valence-corrected chi connectivity index (χ1v) is 8.70. The fourth-order valence-electron chi connectivity index (χ4n) is 2.25. The summed E-state index contributed by atoms with van der Waals surface area (Å²) in [7, 11) is 0. The summed E-state index contributed by atoms with van der Waals surface area (Å²) in [5.41, 5.74) is 0. The van der Waals surface area contributed by atoms with Crippen LogP contribution < -0.4 is 15.0 Å². The SMILES string of the molecule is [Co+3].c1c[n-]c(-c2ncc[nH]2)n1.c1c[n-]c(-c2ncc[nH]2)n1.c1c[n-]c(-c2ncc[nH]2)n1. The van der Waals surface area contributed by atoms with E-state index in [0.717, 1.165) is 0 Å². The topological polar surface area (TPSA) is 167 Å². The molecule has 0 saturated heterocycles. The summed E-state index contributed by atoms with van der Waals surface area (Å²) in [6, 6.07) is 0. The van der Waals surface area contributed by atoms with Crippen molar-refractivity contribution in [3.8, 4) is 34.9 Å². The van der Waals surface area contributed by atoms with Gasteiger partial charge in [0.1, 0.15) is 17.5 Å². The molecule has 31 heavy (non-hydrogen) atoms. The van der Waals surface area contributed by atoms with Gasteiger partial charge in [0, 0.05) is 37.2 Å². The van der Waals surface area contributed by atoms with Crippen LogP contribution in [0.3, 0.4) is 0 Å². The summed E-state index contributed by atoms with van der Waals surface area (Å²) in [5, 5.41) is 0. The van der Waals surface area contributed by atoms with Gasteiger partial charge in [-0.3, -0.25) is 0 Å². The van der Waals surface area contributed by atoms with Gasteiger partial charge >= 0.3 is 16.8 Å². The molecule has 156 valence electrons. The summed E-state index contributed by atoms with van der Waals surface area (Å²) in [4.78, 5) is 44.4. The van der Waals surface area contributed by atoms with Gasteiger partial charge in [0.2, 0.25) is 0 Å². The van der Waals surface area contributed by atoms with E-state index in [2.05, 4.69) is 59.8 Å². The number of nitrogens with one attached hydrogen (secondary N) is 3. The maximum atomic E-state index is 3.98. The third-order valence-electron chi connectivity index (χ3n) is 3.51. The number of aromatic nitrogens is 12. The second kappa shape index (κ2) is 11.1. The summed E-state index contributed by atoms with van der Waals surface area (Å²) in [5.74, 6) is 4.07. The van der Waals surface area contributed by atoms with Crippen molar-refractivity contribution in [2.75, 3.05) is 0 Å². The summed E-state index contributed by atoms with van der Waals surface area (Å²) >= 11 is 0. The van der Waals surface area contributed by atoms with Gasteiger partial charge in [-0.1, -0.05) is 37.2 Å². The van der Waals surface area contributed by atoms with Crippen LogP contribution in [0, 0.1) is 0 Å². The Labute approximate surface area is 186 Å². The number of hydrogen-bond donors (Lipinski definition) is 3. The third-order valence-corrected chi connectivity index (χ3v) is 3.51. The Kier molecular flexibility index (Phi) is 7.68. The minimum Gasteiger partial charge on any atom is -0.440 e. The van der Waals surface area contributed by atoms with Crippen molar-refractivity contribution in [2.24, 2.45) is 0 Å². The van der Waals surface area contributed by atoms with Crippen LogP contribution in [-0.4, -0.2) is 44.9 Å². The molecule has 13 heteroatoms. The second-order valence-corrected chi connectivity index (χ2v) is 5.45. The van der Waals surface area contributed by atoms with Crippen LogP contribution in [0.25, 0.3) is 34.9 Å².